The Labute approximate surface area is 144 Å². The van der Waals surface area contributed by atoms with Crippen LogP contribution >= 0.6 is 27.3 Å². The van der Waals surface area contributed by atoms with Crippen LogP contribution < -0.4 is 5.32 Å². The number of aryl methyl sites for hydroxylation is 1. The quantitative estimate of drug-likeness (QED) is 0.633. The van der Waals surface area contributed by atoms with Gasteiger partial charge in [-0.2, -0.15) is 0 Å². The van der Waals surface area contributed by atoms with E-state index in [1.807, 2.05) is 12.3 Å². The van der Waals surface area contributed by atoms with Crippen molar-refractivity contribution in [2.75, 3.05) is 13.6 Å². The molecule has 0 saturated heterocycles. The van der Waals surface area contributed by atoms with Gasteiger partial charge in [0.2, 0.25) is 0 Å². The van der Waals surface area contributed by atoms with Crippen LogP contribution in [0.2, 0.25) is 0 Å². The number of nitrogens with zero attached hydrogens (tertiary/aromatic N) is 3. The van der Waals surface area contributed by atoms with Crippen LogP contribution in [-0.2, 0) is 13.1 Å². The Morgan fingerprint density at radius 3 is 2.86 bits per heavy atom. The minimum absolute atomic E-state index is 0.591. The number of nitrogens with one attached hydrogen (secondary N) is 1. The Bertz CT molecular complexity index is 639. The predicted octanol–water partition coefficient (Wildman–Crippen LogP) is 3.81. The number of rotatable bonds is 5. The molecule has 0 radical (unpaired) electrons. The van der Waals surface area contributed by atoms with E-state index >= 15 is 0 Å². The van der Waals surface area contributed by atoms with Crippen molar-refractivity contribution in [3.05, 3.63) is 50.4 Å². The molecule has 0 aliphatic rings. The van der Waals surface area contributed by atoms with E-state index in [0.717, 1.165) is 28.5 Å². The van der Waals surface area contributed by atoms with E-state index in [4.69, 9.17) is 4.99 Å². The molecule has 2 aromatic heterocycles. The summed E-state index contributed by atoms with van der Waals surface area (Å²) in [5, 5.41) is 3.34. The van der Waals surface area contributed by atoms with E-state index in [1.165, 1.54) is 10.4 Å². The first-order valence-electron chi connectivity index (χ1n) is 7.24. The van der Waals surface area contributed by atoms with Gasteiger partial charge in [0.15, 0.2) is 5.96 Å². The second-order valence-corrected chi connectivity index (χ2v) is 7.55. The first kappa shape index (κ1) is 17.0. The van der Waals surface area contributed by atoms with E-state index in [9.17, 15) is 0 Å². The molecular weight excluding hydrogens is 360 g/mol. The largest absolute Gasteiger partial charge is 0.357 e. The van der Waals surface area contributed by atoms with Crippen LogP contribution in [0.1, 0.15) is 23.1 Å². The fraction of sp³-hybridized carbons (Fsp3) is 0.375. The lowest BCUT2D eigenvalue weighted by atomic mass is 10.2. The smallest absolute Gasteiger partial charge is 0.194 e. The highest BCUT2D eigenvalue weighted by Crippen LogP contribution is 2.23. The SMILES string of the molecule is CCNC(=NCc1ncccc1C)N(C)Cc1ccc(Br)s1. The van der Waals surface area contributed by atoms with E-state index in [1.54, 1.807) is 11.3 Å². The lowest BCUT2D eigenvalue weighted by Crippen LogP contribution is -2.38. The molecule has 22 heavy (non-hydrogen) atoms. The van der Waals surface area contributed by atoms with Crippen molar-refractivity contribution in [2.45, 2.75) is 26.9 Å². The molecule has 2 rings (SSSR count). The zero-order valence-electron chi connectivity index (χ0n) is 13.1. The number of aromatic nitrogens is 1. The number of aliphatic imine (C=N–C) groups is 1. The van der Waals surface area contributed by atoms with Gasteiger partial charge in [-0.1, -0.05) is 6.07 Å². The van der Waals surface area contributed by atoms with Gasteiger partial charge in [0, 0.05) is 24.7 Å². The first-order chi connectivity index (χ1) is 10.6. The molecule has 118 valence electrons. The first-order valence-corrected chi connectivity index (χ1v) is 8.85. The van der Waals surface area contributed by atoms with Gasteiger partial charge in [0.25, 0.3) is 0 Å². The highest BCUT2D eigenvalue weighted by molar-refractivity contribution is 9.11. The van der Waals surface area contributed by atoms with Gasteiger partial charge in [-0.25, -0.2) is 4.99 Å². The van der Waals surface area contributed by atoms with Crippen molar-refractivity contribution in [2.24, 2.45) is 4.99 Å². The van der Waals surface area contributed by atoms with E-state index in [0.29, 0.717) is 6.54 Å². The maximum atomic E-state index is 4.71. The molecule has 0 fully saturated rings. The number of hydrogen-bond acceptors (Lipinski definition) is 3. The summed E-state index contributed by atoms with van der Waals surface area (Å²) in [7, 11) is 2.06. The zero-order valence-corrected chi connectivity index (χ0v) is 15.5. The van der Waals surface area contributed by atoms with Gasteiger partial charge in [0.1, 0.15) is 0 Å². The van der Waals surface area contributed by atoms with Crippen molar-refractivity contribution in [3.63, 3.8) is 0 Å². The second-order valence-electron chi connectivity index (χ2n) is 5.00. The average Bonchev–Trinajstić information content (AvgIpc) is 2.90. The fourth-order valence-corrected chi connectivity index (χ4v) is 3.59. The van der Waals surface area contributed by atoms with Crippen LogP contribution in [0.5, 0.6) is 0 Å². The van der Waals surface area contributed by atoms with Crippen LogP contribution in [0.3, 0.4) is 0 Å². The molecule has 0 amide bonds. The zero-order chi connectivity index (χ0) is 15.9. The minimum Gasteiger partial charge on any atom is -0.357 e. The maximum Gasteiger partial charge on any atom is 0.194 e. The highest BCUT2D eigenvalue weighted by atomic mass is 79.9. The van der Waals surface area contributed by atoms with Gasteiger partial charge >= 0.3 is 0 Å². The number of hydrogen-bond donors (Lipinski definition) is 1. The van der Waals surface area contributed by atoms with E-state index in [2.05, 4.69) is 70.2 Å². The molecule has 0 aromatic carbocycles. The molecule has 0 spiro atoms. The third-order valence-electron chi connectivity index (χ3n) is 3.21. The molecule has 0 unspecified atom stereocenters. The number of pyridine rings is 1. The summed E-state index contributed by atoms with van der Waals surface area (Å²) < 4.78 is 1.15. The molecule has 6 heteroatoms. The maximum absolute atomic E-state index is 4.71. The van der Waals surface area contributed by atoms with E-state index in [-0.39, 0.29) is 0 Å². The molecular formula is C16H21BrN4S. The van der Waals surface area contributed by atoms with E-state index < -0.39 is 0 Å². The normalized spacial score (nSPS) is 11.5. The minimum atomic E-state index is 0.591. The summed E-state index contributed by atoms with van der Waals surface area (Å²) in [6.07, 6.45) is 1.82. The molecule has 4 nitrogen and oxygen atoms in total. The number of halogens is 1. The molecule has 2 aromatic rings. The summed E-state index contributed by atoms with van der Waals surface area (Å²) in [4.78, 5) is 12.5. The molecule has 1 N–H and O–H groups in total. The molecule has 0 aliphatic heterocycles. The Hall–Kier alpha value is -1.40. The van der Waals surface area contributed by atoms with Crippen molar-refractivity contribution in [3.8, 4) is 0 Å². The predicted molar refractivity (Wildman–Crippen MR) is 97.3 cm³/mol. The molecule has 0 aliphatic carbocycles. The molecule has 0 atom stereocenters. The van der Waals surface area contributed by atoms with Crippen LogP contribution in [0, 0.1) is 6.92 Å². The highest BCUT2D eigenvalue weighted by Gasteiger charge is 2.08. The summed E-state index contributed by atoms with van der Waals surface area (Å²) in [5.74, 6) is 0.900. The van der Waals surface area contributed by atoms with Crippen LogP contribution in [0.15, 0.2) is 39.2 Å². The van der Waals surface area contributed by atoms with Gasteiger partial charge in [-0.05, 0) is 53.5 Å². The number of guanidine groups is 1. The van der Waals surface area contributed by atoms with Crippen LogP contribution in [0.25, 0.3) is 0 Å². The average molecular weight is 381 g/mol. The summed E-state index contributed by atoms with van der Waals surface area (Å²) in [6.45, 7) is 6.42. The van der Waals surface area contributed by atoms with Crippen LogP contribution in [0.4, 0.5) is 0 Å². The molecule has 2 heterocycles. The Balaban J connectivity index is 2.07. The lowest BCUT2D eigenvalue weighted by molar-refractivity contribution is 0.481. The summed E-state index contributed by atoms with van der Waals surface area (Å²) in [5.41, 5.74) is 2.19. The summed E-state index contributed by atoms with van der Waals surface area (Å²) >= 11 is 5.25. The van der Waals surface area contributed by atoms with Gasteiger partial charge in [-0.3, -0.25) is 4.98 Å². The Morgan fingerprint density at radius 1 is 1.41 bits per heavy atom. The molecule has 0 saturated carbocycles. The summed E-state index contributed by atoms with van der Waals surface area (Å²) in [6, 6.07) is 8.24. The van der Waals surface area contributed by atoms with Crippen molar-refractivity contribution >= 4 is 33.2 Å². The third-order valence-corrected chi connectivity index (χ3v) is 4.82. The number of thiophene rings is 1. The second kappa shape index (κ2) is 8.29. The van der Waals surface area contributed by atoms with Crippen LogP contribution in [-0.4, -0.2) is 29.4 Å². The molecule has 0 bridgehead atoms. The van der Waals surface area contributed by atoms with Gasteiger partial charge < -0.3 is 10.2 Å². The fourth-order valence-electron chi connectivity index (χ4n) is 2.05. The topological polar surface area (TPSA) is 40.5 Å². The van der Waals surface area contributed by atoms with Gasteiger partial charge in [-0.15, -0.1) is 11.3 Å². The lowest BCUT2D eigenvalue weighted by Gasteiger charge is -2.21. The monoisotopic (exact) mass is 380 g/mol. The third kappa shape index (κ3) is 4.81. The Morgan fingerprint density at radius 2 is 2.23 bits per heavy atom. The standard InChI is InChI=1S/C16H21BrN4S/c1-4-18-16(20-10-14-12(2)6-5-9-19-14)21(3)11-13-7-8-15(17)22-13/h5-9H,4,10-11H2,1-3H3,(H,18,20). The Kier molecular flexibility index (Phi) is 6.39. The van der Waals surface area contributed by atoms with Crippen molar-refractivity contribution in [1.82, 2.24) is 15.2 Å². The van der Waals surface area contributed by atoms with Gasteiger partial charge in [0.05, 0.1) is 22.6 Å². The van der Waals surface area contributed by atoms with Crippen molar-refractivity contribution in [1.29, 1.82) is 0 Å². The van der Waals surface area contributed by atoms with Crippen molar-refractivity contribution < 1.29 is 0 Å².